The summed E-state index contributed by atoms with van der Waals surface area (Å²) in [5.41, 5.74) is 0. The third kappa shape index (κ3) is 2.59. The van der Waals surface area contributed by atoms with Crippen molar-refractivity contribution >= 4 is 33.3 Å². The van der Waals surface area contributed by atoms with E-state index in [1.165, 1.54) is 0 Å². The quantitative estimate of drug-likeness (QED) is 0.737. The molecule has 1 aliphatic heterocycles. The van der Waals surface area contributed by atoms with E-state index in [1.54, 1.807) is 6.20 Å². The molecule has 1 fully saturated rings. The van der Waals surface area contributed by atoms with Crippen LogP contribution >= 0.6 is 27.5 Å². The molecule has 0 amide bonds. The molecule has 1 aromatic rings. The van der Waals surface area contributed by atoms with Crippen molar-refractivity contribution in [2.24, 2.45) is 0 Å². The van der Waals surface area contributed by atoms with Gasteiger partial charge in [-0.1, -0.05) is 0 Å². The molecule has 2 heterocycles. The van der Waals surface area contributed by atoms with Crippen molar-refractivity contribution in [1.82, 2.24) is 14.9 Å². The van der Waals surface area contributed by atoms with Crippen molar-refractivity contribution < 1.29 is 0 Å². The van der Waals surface area contributed by atoms with Gasteiger partial charge in [-0.2, -0.15) is 4.98 Å². The van der Waals surface area contributed by atoms with Crippen LogP contribution in [0.2, 0.25) is 5.28 Å². The van der Waals surface area contributed by atoms with Crippen LogP contribution in [0.3, 0.4) is 0 Å². The molecule has 2 rings (SSSR count). The van der Waals surface area contributed by atoms with Crippen molar-refractivity contribution in [2.75, 3.05) is 38.1 Å². The van der Waals surface area contributed by atoms with Crippen molar-refractivity contribution in [3.8, 4) is 0 Å². The van der Waals surface area contributed by atoms with E-state index in [9.17, 15) is 0 Å². The Labute approximate surface area is 102 Å². The lowest BCUT2D eigenvalue weighted by atomic mass is 10.3. The van der Waals surface area contributed by atoms with E-state index in [-0.39, 0.29) is 0 Å². The smallest absolute Gasteiger partial charge is 0.224 e. The van der Waals surface area contributed by atoms with E-state index in [0.717, 1.165) is 36.5 Å². The zero-order valence-corrected chi connectivity index (χ0v) is 10.8. The van der Waals surface area contributed by atoms with Gasteiger partial charge in [0.1, 0.15) is 5.82 Å². The number of hydrogen-bond donors (Lipinski definition) is 0. The summed E-state index contributed by atoms with van der Waals surface area (Å²) in [6, 6.07) is 0. The molecular formula is C9H12BrClN4. The molecule has 0 unspecified atom stereocenters. The second-order valence-corrected chi connectivity index (χ2v) is 4.79. The van der Waals surface area contributed by atoms with Gasteiger partial charge in [-0.15, -0.1) is 0 Å². The largest absolute Gasteiger partial charge is 0.353 e. The molecule has 82 valence electrons. The monoisotopic (exact) mass is 290 g/mol. The summed E-state index contributed by atoms with van der Waals surface area (Å²) in [7, 11) is 2.12. The lowest BCUT2D eigenvalue weighted by molar-refractivity contribution is 0.312. The van der Waals surface area contributed by atoms with E-state index < -0.39 is 0 Å². The van der Waals surface area contributed by atoms with E-state index in [2.05, 4.69) is 42.7 Å². The third-order valence-electron chi connectivity index (χ3n) is 2.50. The predicted octanol–water partition coefficient (Wildman–Crippen LogP) is 1.64. The van der Waals surface area contributed by atoms with E-state index >= 15 is 0 Å². The van der Waals surface area contributed by atoms with Gasteiger partial charge in [0, 0.05) is 32.4 Å². The Morgan fingerprint density at radius 3 is 2.67 bits per heavy atom. The van der Waals surface area contributed by atoms with Gasteiger partial charge in [0.15, 0.2) is 0 Å². The highest BCUT2D eigenvalue weighted by Gasteiger charge is 2.17. The van der Waals surface area contributed by atoms with Crippen LogP contribution in [0.25, 0.3) is 0 Å². The van der Waals surface area contributed by atoms with Crippen LogP contribution < -0.4 is 4.90 Å². The topological polar surface area (TPSA) is 32.3 Å². The Morgan fingerprint density at radius 1 is 1.33 bits per heavy atom. The van der Waals surface area contributed by atoms with Gasteiger partial charge in [-0.25, -0.2) is 4.98 Å². The number of nitrogens with zero attached hydrogens (tertiary/aromatic N) is 4. The van der Waals surface area contributed by atoms with Gasteiger partial charge in [0.2, 0.25) is 5.28 Å². The molecule has 0 radical (unpaired) electrons. The maximum atomic E-state index is 5.78. The maximum Gasteiger partial charge on any atom is 0.224 e. The fraction of sp³-hybridized carbons (Fsp3) is 0.556. The second kappa shape index (κ2) is 4.63. The minimum absolute atomic E-state index is 0.298. The fourth-order valence-corrected chi connectivity index (χ4v) is 2.15. The van der Waals surface area contributed by atoms with Crippen molar-refractivity contribution in [3.05, 3.63) is 16.0 Å². The third-order valence-corrected chi connectivity index (χ3v) is 3.24. The highest BCUT2D eigenvalue weighted by atomic mass is 79.9. The molecular weight excluding hydrogens is 279 g/mol. The van der Waals surface area contributed by atoms with Crippen LogP contribution in [0.1, 0.15) is 0 Å². The van der Waals surface area contributed by atoms with E-state index in [0.29, 0.717) is 5.28 Å². The number of hydrogen-bond acceptors (Lipinski definition) is 4. The SMILES string of the molecule is CN1CCN(c2nc(Cl)ncc2Br)CC1. The van der Waals surface area contributed by atoms with Gasteiger partial charge >= 0.3 is 0 Å². The summed E-state index contributed by atoms with van der Waals surface area (Å²) in [4.78, 5) is 12.7. The van der Waals surface area contributed by atoms with Crippen LogP contribution in [-0.4, -0.2) is 48.1 Å². The maximum absolute atomic E-state index is 5.78. The van der Waals surface area contributed by atoms with Crippen LogP contribution in [0.5, 0.6) is 0 Å². The van der Waals surface area contributed by atoms with E-state index in [4.69, 9.17) is 11.6 Å². The Bertz CT molecular complexity index is 352. The van der Waals surface area contributed by atoms with E-state index in [1.807, 2.05) is 0 Å². The van der Waals surface area contributed by atoms with Crippen LogP contribution in [0.4, 0.5) is 5.82 Å². The standard InChI is InChI=1S/C9H12BrClN4/c1-14-2-4-15(5-3-14)8-7(10)6-12-9(11)13-8/h6H,2-5H2,1H3. The summed E-state index contributed by atoms with van der Waals surface area (Å²) in [5, 5.41) is 0.298. The van der Waals surface area contributed by atoms with Crippen molar-refractivity contribution in [3.63, 3.8) is 0 Å². The van der Waals surface area contributed by atoms with Crippen LogP contribution in [0.15, 0.2) is 10.7 Å². The van der Waals surface area contributed by atoms with Crippen molar-refractivity contribution in [1.29, 1.82) is 0 Å². The Kier molecular flexibility index (Phi) is 3.43. The lowest BCUT2D eigenvalue weighted by Gasteiger charge is -2.33. The summed E-state index contributed by atoms with van der Waals surface area (Å²) in [5.74, 6) is 0.892. The number of piperazine rings is 1. The summed E-state index contributed by atoms with van der Waals surface area (Å²) < 4.78 is 0.899. The predicted molar refractivity (Wildman–Crippen MR) is 64.5 cm³/mol. The first-order valence-electron chi connectivity index (χ1n) is 4.78. The first-order chi connectivity index (χ1) is 7.16. The average molecular weight is 292 g/mol. The van der Waals surface area contributed by atoms with Gasteiger partial charge in [0.05, 0.1) is 4.47 Å². The zero-order valence-electron chi connectivity index (χ0n) is 8.45. The van der Waals surface area contributed by atoms with Crippen molar-refractivity contribution in [2.45, 2.75) is 0 Å². The van der Waals surface area contributed by atoms with Gasteiger partial charge in [-0.05, 0) is 34.6 Å². The average Bonchev–Trinajstić information content (AvgIpc) is 2.23. The Morgan fingerprint density at radius 2 is 2.00 bits per heavy atom. The molecule has 6 heteroatoms. The molecule has 1 aromatic heterocycles. The fourth-order valence-electron chi connectivity index (χ4n) is 1.58. The minimum Gasteiger partial charge on any atom is -0.353 e. The normalized spacial score (nSPS) is 18.2. The summed E-state index contributed by atoms with van der Waals surface area (Å²) in [6.45, 7) is 4.05. The second-order valence-electron chi connectivity index (χ2n) is 3.60. The molecule has 4 nitrogen and oxygen atoms in total. The molecule has 0 atom stereocenters. The number of aromatic nitrogens is 2. The molecule has 0 spiro atoms. The molecule has 0 saturated carbocycles. The molecule has 0 bridgehead atoms. The number of halogens is 2. The molecule has 15 heavy (non-hydrogen) atoms. The molecule has 0 aliphatic carbocycles. The first kappa shape index (κ1) is 11.1. The van der Waals surface area contributed by atoms with Gasteiger partial charge in [-0.3, -0.25) is 0 Å². The highest BCUT2D eigenvalue weighted by molar-refractivity contribution is 9.10. The Balaban J connectivity index is 2.18. The number of anilines is 1. The molecule has 0 N–H and O–H groups in total. The molecule has 0 aromatic carbocycles. The summed E-state index contributed by atoms with van der Waals surface area (Å²) in [6.07, 6.45) is 1.70. The minimum atomic E-state index is 0.298. The zero-order chi connectivity index (χ0) is 10.8. The Hall–Kier alpha value is -0.390. The van der Waals surface area contributed by atoms with Gasteiger partial charge in [0.25, 0.3) is 0 Å². The molecule has 1 saturated heterocycles. The summed E-state index contributed by atoms with van der Waals surface area (Å²) >= 11 is 9.23. The highest BCUT2D eigenvalue weighted by Crippen LogP contribution is 2.24. The lowest BCUT2D eigenvalue weighted by Crippen LogP contribution is -2.45. The van der Waals surface area contributed by atoms with Gasteiger partial charge < -0.3 is 9.80 Å². The number of likely N-dealkylation sites (N-methyl/N-ethyl adjacent to an activating group) is 1. The number of rotatable bonds is 1. The molecule has 1 aliphatic rings. The first-order valence-corrected chi connectivity index (χ1v) is 5.95. The van der Waals surface area contributed by atoms with Crippen LogP contribution in [0, 0.1) is 0 Å². The van der Waals surface area contributed by atoms with Crippen LogP contribution in [-0.2, 0) is 0 Å².